The van der Waals surface area contributed by atoms with E-state index in [1.54, 1.807) is 26.4 Å². The maximum Gasteiger partial charge on any atom is 0.310 e. The Labute approximate surface area is 130 Å². The summed E-state index contributed by atoms with van der Waals surface area (Å²) >= 11 is 0. The summed E-state index contributed by atoms with van der Waals surface area (Å²) in [6, 6.07) is 7.58. The van der Waals surface area contributed by atoms with Crippen LogP contribution < -0.4 is 9.47 Å². The van der Waals surface area contributed by atoms with Gasteiger partial charge in [0, 0.05) is 0 Å². The number of methoxy groups -OCH3 is 2. The van der Waals surface area contributed by atoms with Crippen LogP contribution in [0, 0.1) is 17.2 Å². The highest BCUT2D eigenvalue weighted by Gasteiger charge is 2.28. The van der Waals surface area contributed by atoms with Gasteiger partial charge in [0.25, 0.3) is 0 Å². The molecule has 1 aromatic carbocycles. The Balaban J connectivity index is 1.98. The van der Waals surface area contributed by atoms with Gasteiger partial charge in [-0.2, -0.15) is 5.26 Å². The number of nitrogens with zero attached hydrogens (tertiary/aromatic N) is 1. The molecule has 0 amide bonds. The minimum atomic E-state index is -0.306. The molecule has 0 aliphatic heterocycles. The zero-order valence-electron chi connectivity index (χ0n) is 13.0. The number of hydrogen-bond donors (Lipinski definition) is 0. The highest BCUT2D eigenvalue weighted by molar-refractivity contribution is 5.73. The summed E-state index contributed by atoms with van der Waals surface area (Å²) in [4.78, 5) is 12.1. The van der Waals surface area contributed by atoms with E-state index in [1.165, 1.54) is 0 Å². The molecular weight excluding hydrogens is 282 g/mol. The third-order valence-corrected chi connectivity index (χ3v) is 3.95. The van der Waals surface area contributed by atoms with E-state index in [2.05, 4.69) is 6.07 Å². The first-order valence-electron chi connectivity index (χ1n) is 7.48. The molecule has 0 N–H and O–H groups in total. The van der Waals surface area contributed by atoms with Crippen molar-refractivity contribution in [1.29, 1.82) is 5.26 Å². The van der Waals surface area contributed by atoms with Crippen molar-refractivity contribution in [1.82, 2.24) is 0 Å². The van der Waals surface area contributed by atoms with Crippen LogP contribution in [0.3, 0.4) is 0 Å². The number of ether oxygens (including phenoxy) is 3. The molecule has 118 valence electrons. The lowest BCUT2D eigenvalue weighted by molar-refractivity contribution is -0.151. The van der Waals surface area contributed by atoms with Gasteiger partial charge in [-0.25, -0.2) is 0 Å². The Hall–Kier alpha value is -2.22. The fourth-order valence-electron chi connectivity index (χ4n) is 2.75. The largest absolute Gasteiger partial charge is 0.493 e. The molecule has 2 rings (SSSR count). The minimum absolute atomic E-state index is 0.162. The Morgan fingerprint density at radius 2 is 1.95 bits per heavy atom. The van der Waals surface area contributed by atoms with Crippen LogP contribution >= 0.6 is 0 Å². The summed E-state index contributed by atoms with van der Waals surface area (Å²) in [5, 5.41) is 9.12. The molecule has 2 unspecified atom stereocenters. The van der Waals surface area contributed by atoms with E-state index in [0.717, 1.165) is 31.2 Å². The van der Waals surface area contributed by atoms with E-state index in [-0.39, 0.29) is 24.4 Å². The van der Waals surface area contributed by atoms with Gasteiger partial charge in [0.2, 0.25) is 0 Å². The van der Waals surface area contributed by atoms with Crippen LogP contribution in [-0.4, -0.2) is 26.3 Å². The summed E-state index contributed by atoms with van der Waals surface area (Å²) in [5.74, 6) is 0.722. The fraction of sp³-hybridized carbons (Fsp3) is 0.529. The molecule has 22 heavy (non-hydrogen) atoms. The summed E-state index contributed by atoms with van der Waals surface area (Å²) < 4.78 is 15.9. The predicted octanol–water partition coefficient (Wildman–Crippen LogP) is 2.87. The monoisotopic (exact) mass is 303 g/mol. The zero-order chi connectivity index (χ0) is 15.9. The smallest absolute Gasteiger partial charge is 0.310 e. The molecule has 1 aromatic rings. The van der Waals surface area contributed by atoms with E-state index in [0.29, 0.717) is 11.5 Å². The van der Waals surface area contributed by atoms with Gasteiger partial charge in [0.1, 0.15) is 6.10 Å². The first-order valence-corrected chi connectivity index (χ1v) is 7.48. The van der Waals surface area contributed by atoms with Crippen molar-refractivity contribution in [2.75, 3.05) is 14.2 Å². The number of carbonyl (C=O) groups excluding carboxylic acids is 1. The Kier molecular flexibility index (Phi) is 5.65. The van der Waals surface area contributed by atoms with Gasteiger partial charge in [0.05, 0.1) is 32.6 Å². The highest BCUT2D eigenvalue weighted by atomic mass is 16.5. The van der Waals surface area contributed by atoms with Crippen LogP contribution in [0.5, 0.6) is 11.5 Å². The number of benzene rings is 1. The van der Waals surface area contributed by atoms with E-state index < -0.39 is 0 Å². The lowest BCUT2D eigenvalue weighted by Crippen LogP contribution is -2.29. The SMILES string of the molecule is COc1ccc(CC(=O)OC2CCCCC2C#N)cc1OC. The third-order valence-electron chi connectivity index (χ3n) is 3.95. The van der Waals surface area contributed by atoms with Crippen LogP contribution in [0.2, 0.25) is 0 Å². The van der Waals surface area contributed by atoms with Crippen LogP contribution in [-0.2, 0) is 16.0 Å². The van der Waals surface area contributed by atoms with Crippen molar-refractivity contribution in [2.45, 2.75) is 38.2 Å². The molecule has 0 saturated heterocycles. The minimum Gasteiger partial charge on any atom is -0.493 e. The zero-order valence-corrected chi connectivity index (χ0v) is 13.0. The van der Waals surface area contributed by atoms with Crippen molar-refractivity contribution < 1.29 is 19.0 Å². The standard InChI is InChI=1S/C17H21NO4/c1-20-15-8-7-12(9-16(15)21-2)10-17(19)22-14-6-4-3-5-13(14)11-18/h7-9,13-14H,3-6,10H2,1-2H3. The van der Waals surface area contributed by atoms with Gasteiger partial charge in [-0.1, -0.05) is 12.5 Å². The van der Waals surface area contributed by atoms with Crippen molar-refractivity contribution >= 4 is 5.97 Å². The fourth-order valence-corrected chi connectivity index (χ4v) is 2.75. The summed E-state index contributed by atoms with van der Waals surface area (Å²) in [6.07, 6.45) is 3.51. The van der Waals surface area contributed by atoms with Crippen LogP contribution in [0.15, 0.2) is 18.2 Å². The normalized spacial score (nSPS) is 20.8. The van der Waals surface area contributed by atoms with Crippen molar-refractivity contribution in [2.24, 2.45) is 5.92 Å². The summed E-state index contributed by atoms with van der Waals surface area (Å²) in [7, 11) is 3.12. The molecule has 1 aliphatic rings. The molecular formula is C17H21NO4. The molecule has 1 saturated carbocycles. The number of hydrogen-bond acceptors (Lipinski definition) is 5. The third kappa shape index (κ3) is 3.91. The van der Waals surface area contributed by atoms with Gasteiger partial charge in [0.15, 0.2) is 11.5 Å². The lowest BCUT2D eigenvalue weighted by atomic mass is 9.87. The molecule has 0 bridgehead atoms. The van der Waals surface area contributed by atoms with Crippen molar-refractivity contribution in [3.63, 3.8) is 0 Å². The maximum atomic E-state index is 12.1. The van der Waals surface area contributed by atoms with E-state index >= 15 is 0 Å². The Morgan fingerprint density at radius 3 is 2.64 bits per heavy atom. The number of rotatable bonds is 5. The molecule has 2 atom stereocenters. The second-order valence-corrected chi connectivity index (χ2v) is 5.41. The second kappa shape index (κ2) is 7.69. The molecule has 5 nitrogen and oxygen atoms in total. The number of nitriles is 1. The van der Waals surface area contributed by atoms with E-state index in [1.807, 2.05) is 6.07 Å². The molecule has 5 heteroatoms. The van der Waals surface area contributed by atoms with Crippen molar-refractivity contribution in [3.05, 3.63) is 23.8 Å². The molecule has 0 radical (unpaired) electrons. The topological polar surface area (TPSA) is 68.5 Å². The van der Waals surface area contributed by atoms with Gasteiger partial charge in [-0.3, -0.25) is 4.79 Å². The lowest BCUT2D eigenvalue weighted by Gasteiger charge is -2.26. The van der Waals surface area contributed by atoms with Crippen LogP contribution in [0.4, 0.5) is 0 Å². The van der Waals surface area contributed by atoms with Gasteiger partial charge < -0.3 is 14.2 Å². The molecule has 0 heterocycles. The summed E-state index contributed by atoms with van der Waals surface area (Å²) in [5.41, 5.74) is 0.798. The molecule has 0 spiro atoms. The molecule has 1 fully saturated rings. The van der Waals surface area contributed by atoms with Gasteiger partial charge in [-0.05, 0) is 37.0 Å². The first-order chi connectivity index (χ1) is 10.7. The number of esters is 1. The Bertz CT molecular complexity index is 564. The number of carbonyl (C=O) groups is 1. The van der Waals surface area contributed by atoms with E-state index in [9.17, 15) is 4.79 Å². The maximum absolute atomic E-state index is 12.1. The average molecular weight is 303 g/mol. The molecule has 0 aromatic heterocycles. The van der Waals surface area contributed by atoms with E-state index in [4.69, 9.17) is 19.5 Å². The predicted molar refractivity (Wildman–Crippen MR) is 80.7 cm³/mol. The van der Waals surface area contributed by atoms with Gasteiger partial charge >= 0.3 is 5.97 Å². The average Bonchev–Trinajstić information content (AvgIpc) is 2.55. The Morgan fingerprint density at radius 1 is 1.23 bits per heavy atom. The van der Waals surface area contributed by atoms with Gasteiger partial charge in [-0.15, -0.1) is 0 Å². The second-order valence-electron chi connectivity index (χ2n) is 5.41. The first kappa shape index (κ1) is 16.2. The summed E-state index contributed by atoms with van der Waals surface area (Å²) in [6.45, 7) is 0. The van der Waals surface area contributed by atoms with Crippen LogP contribution in [0.1, 0.15) is 31.2 Å². The van der Waals surface area contributed by atoms with Crippen molar-refractivity contribution in [3.8, 4) is 17.6 Å². The molecule has 1 aliphatic carbocycles. The van der Waals surface area contributed by atoms with Crippen LogP contribution in [0.25, 0.3) is 0 Å². The quantitative estimate of drug-likeness (QED) is 0.782. The highest BCUT2D eigenvalue weighted by Crippen LogP contribution is 2.29.